The third-order valence-corrected chi connectivity index (χ3v) is 3.02. The van der Waals surface area contributed by atoms with Crippen molar-refractivity contribution in [2.24, 2.45) is 0 Å². The molecule has 0 aliphatic rings. The number of H-pyrrole nitrogens is 1. The van der Waals surface area contributed by atoms with E-state index in [9.17, 15) is 9.59 Å². The predicted molar refractivity (Wildman–Crippen MR) is 67.7 cm³/mol. The first kappa shape index (κ1) is 13.0. The normalized spacial score (nSPS) is 12.3. The molecule has 0 aliphatic heterocycles. The average Bonchev–Trinajstić information content (AvgIpc) is 2.85. The molecule has 19 heavy (non-hydrogen) atoms. The van der Waals surface area contributed by atoms with Gasteiger partial charge in [-0.05, 0) is 24.6 Å². The Kier molecular flexibility index (Phi) is 3.46. The number of aromatic nitrogens is 3. The third-order valence-electron chi connectivity index (χ3n) is 3.02. The fourth-order valence-electron chi connectivity index (χ4n) is 1.93. The van der Waals surface area contributed by atoms with E-state index in [-0.39, 0.29) is 5.91 Å². The van der Waals surface area contributed by atoms with Gasteiger partial charge in [0.05, 0.1) is 0 Å². The number of amides is 1. The van der Waals surface area contributed by atoms with Gasteiger partial charge in [-0.25, -0.2) is 4.79 Å². The van der Waals surface area contributed by atoms with Crippen LogP contribution in [-0.2, 0) is 4.79 Å². The summed E-state index contributed by atoms with van der Waals surface area (Å²) < 4.78 is 0. The number of carboxylic acids is 1. The van der Waals surface area contributed by atoms with Crippen molar-refractivity contribution in [1.29, 1.82) is 0 Å². The monoisotopic (exact) mass is 262 g/mol. The molecular formula is C12H14N4O3. The molecule has 0 bridgehead atoms. The Balaban J connectivity index is 2.29. The number of carbonyl (C=O) groups is 2. The maximum Gasteiger partial charge on any atom is 0.326 e. The Bertz CT molecular complexity index is 622. The topological polar surface area (TPSA) is 99.2 Å². The van der Waals surface area contributed by atoms with E-state index in [0.717, 1.165) is 0 Å². The first-order valence-corrected chi connectivity index (χ1v) is 5.85. The molecule has 1 amide bonds. The Hall–Kier alpha value is -2.44. The molecule has 1 atom stereocenters. The standard InChI is InChI=1S/C12H14N4O3/c1-3-10(12(18)19)16(2)11(17)7-4-5-8-9(6-7)14-15-13-8/h4-6,10H,3H2,1-2H3,(H,18,19)(H,13,14,15). The zero-order valence-electron chi connectivity index (χ0n) is 10.6. The van der Waals surface area contributed by atoms with E-state index < -0.39 is 12.0 Å². The van der Waals surface area contributed by atoms with Gasteiger partial charge in [-0.15, -0.1) is 0 Å². The van der Waals surface area contributed by atoms with Crippen LogP contribution in [0, 0.1) is 0 Å². The summed E-state index contributed by atoms with van der Waals surface area (Å²) >= 11 is 0. The zero-order valence-corrected chi connectivity index (χ0v) is 10.6. The number of hydrogen-bond donors (Lipinski definition) is 2. The number of benzene rings is 1. The number of hydrogen-bond acceptors (Lipinski definition) is 4. The third kappa shape index (κ3) is 2.40. The largest absolute Gasteiger partial charge is 0.480 e. The van der Waals surface area contributed by atoms with Crippen molar-refractivity contribution in [2.45, 2.75) is 19.4 Å². The summed E-state index contributed by atoms with van der Waals surface area (Å²) in [6.45, 7) is 1.73. The number of nitrogens with one attached hydrogen (secondary N) is 1. The second-order valence-electron chi connectivity index (χ2n) is 4.21. The number of nitrogens with zero attached hydrogens (tertiary/aromatic N) is 3. The molecule has 2 aromatic rings. The van der Waals surface area contributed by atoms with Crippen molar-refractivity contribution < 1.29 is 14.7 Å². The molecule has 0 radical (unpaired) electrons. The van der Waals surface area contributed by atoms with Crippen LogP contribution in [0.2, 0.25) is 0 Å². The zero-order chi connectivity index (χ0) is 14.0. The van der Waals surface area contributed by atoms with E-state index in [4.69, 9.17) is 5.11 Å². The lowest BCUT2D eigenvalue weighted by Crippen LogP contribution is -2.41. The molecule has 7 nitrogen and oxygen atoms in total. The van der Waals surface area contributed by atoms with Gasteiger partial charge in [-0.3, -0.25) is 4.79 Å². The molecule has 0 saturated carbocycles. The number of aliphatic carboxylic acids is 1. The van der Waals surface area contributed by atoms with Gasteiger partial charge in [0.15, 0.2) is 0 Å². The summed E-state index contributed by atoms with van der Waals surface area (Å²) in [6.07, 6.45) is 0.351. The Morgan fingerprint density at radius 3 is 2.68 bits per heavy atom. The number of carbonyl (C=O) groups excluding carboxylic acids is 1. The second-order valence-corrected chi connectivity index (χ2v) is 4.21. The summed E-state index contributed by atoms with van der Waals surface area (Å²) in [5.41, 5.74) is 1.62. The van der Waals surface area contributed by atoms with Crippen molar-refractivity contribution in [3.8, 4) is 0 Å². The lowest BCUT2D eigenvalue weighted by molar-refractivity contribution is -0.142. The van der Waals surface area contributed by atoms with Crippen molar-refractivity contribution in [3.05, 3.63) is 23.8 Å². The first-order chi connectivity index (χ1) is 9.04. The van der Waals surface area contributed by atoms with Gasteiger partial charge in [-0.2, -0.15) is 15.4 Å². The fourth-order valence-corrected chi connectivity index (χ4v) is 1.93. The first-order valence-electron chi connectivity index (χ1n) is 5.85. The van der Waals surface area contributed by atoms with Gasteiger partial charge < -0.3 is 10.0 Å². The van der Waals surface area contributed by atoms with Crippen LogP contribution in [0.3, 0.4) is 0 Å². The van der Waals surface area contributed by atoms with Crippen molar-refractivity contribution in [2.75, 3.05) is 7.05 Å². The minimum absolute atomic E-state index is 0.348. The van der Waals surface area contributed by atoms with Crippen molar-refractivity contribution in [3.63, 3.8) is 0 Å². The SMILES string of the molecule is CCC(C(=O)O)N(C)C(=O)c1ccc2n[nH]nc2c1. The van der Waals surface area contributed by atoms with Crippen molar-refractivity contribution in [1.82, 2.24) is 20.3 Å². The molecule has 2 N–H and O–H groups in total. The van der Waals surface area contributed by atoms with Gasteiger partial charge in [0.25, 0.3) is 5.91 Å². The number of rotatable bonds is 4. The van der Waals surface area contributed by atoms with Crippen molar-refractivity contribution >= 4 is 22.9 Å². The van der Waals surface area contributed by atoms with Crippen LogP contribution in [0.25, 0.3) is 11.0 Å². The van der Waals surface area contributed by atoms with E-state index in [0.29, 0.717) is 23.0 Å². The highest BCUT2D eigenvalue weighted by Crippen LogP contribution is 2.14. The number of carboxylic acid groups (broad SMARTS) is 1. The Labute approximate surface area is 109 Å². The highest BCUT2D eigenvalue weighted by molar-refractivity contribution is 5.98. The summed E-state index contributed by atoms with van der Waals surface area (Å²) in [5.74, 6) is -1.36. The van der Waals surface area contributed by atoms with Gasteiger partial charge in [0.1, 0.15) is 17.1 Å². The number of aromatic amines is 1. The van der Waals surface area contributed by atoms with Gasteiger partial charge >= 0.3 is 5.97 Å². The molecule has 1 aromatic carbocycles. The van der Waals surface area contributed by atoms with E-state index >= 15 is 0 Å². The van der Waals surface area contributed by atoms with E-state index in [1.165, 1.54) is 11.9 Å². The second kappa shape index (κ2) is 5.05. The highest BCUT2D eigenvalue weighted by atomic mass is 16.4. The minimum atomic E-state index is -1.01. The average molecular weight is 262 g/mol. The van der Waals surface area contributed by atoms with Gasteiger partial charge in [-0.1, -0.05) is 6.92 Å². The Morgan fingerprint density at radius 2 is 2.05 bits per heavy atom. The van der Waals surface area contributed by atoms with Crippen LogP contribution in [0.4, 0.5) is 0 Å². The van der Waals surface area contributed by atoms with E-state index in [1.54, 1.807) is 25.1 Å². The smallest absolute Gasteiger partial charge is 0.326 e. The maximum atomic E-state index is 12.2. The van der Waals surface area contributed by atoms with Crippen LogP contribution < -0.4 is 0 Å². The molecule has 1 unspecified atom stereocenters. The van der Waals surface area contributed by atoms with Crippen LogP contribution in [0.5, 0.6) is 0 Å². The molecule has 1 aromatic heterocycles. The molecular weight excluding hydrogens is 248 g/mol. The molecule has 0 fully saturated rings. The summed E-state index contributed by atoms with van der Waals surface area (Å²) in [7, 11) is 1.48. The van der Waals surface area contributed by atoms with Crippen LogP contribution in [-0.4, -0.2) is 50.4 Å². The maximum absolute atomic E-state index is 12.2. The van der Waals surface area contributed by atoms with Gasteiger partial charge in [0.2, 0.25) is 0 Å². The number of fused-ring (bicyclic) bond motifs is 1. The lowest BCUT2D eigenvalue weighted by Gasteiger charge is -2.23. The Morgan fingerprint density at radius 1 is 1.37 bits per heavy atom. The fraction of sp³-hybridized carbons (Fsp3) is 0.333. The van der Waals surface area contributed by atoms with E-state index in [1.807, 2.05) is 0 Å². The van der Waals surface area contributed by atoms with E-state index in [2.05, 4.69) is 15.4 Å². The molecule has 0 spiro atoms. The molecule has 0 aliphatic carbocycles. The molecule has 1 heterocycles. The minimum Gasteiger partial charge on any atom is -0.480 e. The predicted octanol–water partition coefficient (Wildman–Crippen LogP) is 0.893. The summed E-state index contributed by atoms with van der Waals surface area (Å²) in [5, 5.41) is 19.3. The summed E-state index contributed by atoms with van der Waals surface area (Å²) in [4.78, 5) is 24.5. The molecule has 0 saturated heterocycles. The summed E-state index contributed by atoms with van der Waals surface area (Å²) in [6, 6.07) is 4.03. The highest BCUT2D eigenvalue weighted by Gasteiger charge is 2.25. The van der Waals surface area contributed by atoms with Crippen LogP contribution in [0.1, 0.15) is 23.7 Å². The van der Waals surface area contributed by atoms with Crippen LogP contribution in [0.15, 0.2) is 18.2 Å². The molecule has 100 valence electrons. The lowest BCUT2D eigenvalue weighted by atomic mass is 10.1. The quantitative estimate of drug-likeness (QED) is 0.852. The molecule has 7 heteroatoms. The van der Waals surface area contributed by atoms with Gasteiger partial charge in [0, 0.05) is 12.6 Å². The molecule has 2 rings (SSSR count). The number of likely N-dealkylation sites (N-methyl/N-ethyl adjacent to an activating group) is 1. The van der Waals surface area contributed by atoms with Crippen LogP contribution >= 0.6 is 0 Å².